The fraction of sp³-hybridized carbons (Fsp3) is 0.571. The van der Waals surface area contributed by atoms with Gasteiger partial charge < -0.3 is 10.8 Å². The van der Waals surface area contributed by atoms with Gasteiger partial charge in [-0.3, -0.25) is 0 Å². The number of nitrogen functional groups attached to an aromatic ring is 1. The summed E-state index contributed by atoms with van der Waals surface area (Å²) in [4.78, 5) is 0.139. The normalized spacial score (nSPS) is 13.7. The molecule has 1 aromatic carbocycles. The molecule has 1 rings (SSSR count). The summed E-state index contributed by atoms with van der Waals surface area (Å²) in [6.45, 7) is 7.40. The van der Waals surface area contributed by atoms with Crippen molar-refractivity contribution in [2.45, 2.75) is 45.1 Å². The fourth-order valence-electron chi connectivity index (χ4n) is 2.02. The third kappa shape index (κ3) is 4.19. The van der Waals surface area contributed by atoms with Crippen LogP contribution < -0.4 is 10.5 Å². The van der Waals surface area contributed by atoms with E-state index in [1.165, 1.54) is 6.07 Å². The Hall–Kier alpha value is -1.11. The number of hydrogen-bond donors (Lipinski definition) is 3. The highest BCUT2D eigenvalue weighted by atomic mass is 32.2. The van der Waals surface area contributed by atoms with E-state index >= 15 is 0 Å². The molecule has 20 heavy (non-hydrogen) atoms. The lowest BCUT2D eigenvalue weighted by Gasteiger charge is -2.19. The van der Waals surface area contributed by atoms with Crippen LogP contribution in [-0.4, -0.2) is 26.2 Å². The Balaban J connectivity index is 3.05. The molecule has 0 saturated carbocycles. The van der Waals surface area contributed by atoms with Crippen molar-refractivity contribution >= 4 is 15.7 Å². The van der Waals surface area contributed by atoms with Gasteiger partial charge in [-0.1, -0.05) is 13.8 Å². The van der Waals surface area contributed by atoms with E-state index in [0.717, 1.165) is 11.1 Å². The van der Waals surface area contributed by atoms with Gasteiger partial charge in [0.2, 0.25) is 10.0 Å². The first-order valence-corrected chi connectivity index (χ1v) is 8.15. The molecule has 1 aromatic rings. The number of nitrogens with one attached hydrogen (secondary N) is 1. The van der Waals surface area contributed by atoms with Crippen molar-refractivity contribution in [3.05, 3.63) is 23.3 Å². The van der Waals surface area contributed by atoms with Crippen LogP contribution >= 0.6 is 0 Å². The van der Waals surface area contributed by atoms with E-state index in [-0.39, 0.29) is 11.5 Å². The number of anilines is 1. The highest BCUT2D eigenvalue weighted by molar-refractivity contribution is 7.89. The number of rotatable bonds is 6. The van der Waals surface area contributed by atoms with Crippen molar-refractivity contribution in [1.29, 1.82) is 0 Å². The third-order valence-electron chi connectivity index (χ3n) is 3.29. The fourth-order valence-corrected chi connectivity index (χ4v) is 3.38. The molecule has 1 atom stereocenters. The zero-order valence-electron chi connectivity index (χ0n) is 12.5. The number of benzene rings is 1. The maximum Gasteiger partial charge on any atom is 0.240 e. The quantitative estimate of drug-likeness (QED) is 0.695. The van der Waals surface area contributed by atoms with Crippen LogP contribution in [0.25, 0.3) is 0 Å². The monoisotopic (exact) mass is 300 g/mol. The van der Waals surface area contributed by atoms with Gasteiger partial charge in [0.1, 0.15) is 0 Å². The standard InChI is InChI=1S/C14H24N2O3S/c1-9(2)5-12(8-17)16-20(18,19)13-6-10(3)11(4)14(15)7-13/h6-7,9,12,16-17H,5,8,15H2,1-4H3. The molecular formula is C14H24N2O3S. The predicted octanol–water partition coefficient (Wildman–Crippen LogP) is 1.57. The molecule has 0 heterocycles. The molecule has 4 N–H and O–H groups in total. The Kier molecular flexibility index (Phi) is 5.56. The van der Waals surface area contributed by atoms with Gasteiger partial charge in [0, 0.05) is 11.7 Å². The minimum absolute atomic E-state index is 0.139. The predicted molar refractivity (Wildman–Crippen MR) is 81.0 cm³/mol. The Morgan fingerprint density at radius 2 is 1.90 bits per heavy atom. The van der Waals surface area contributed by atoms with Gasteiger partial charge in [-0.05, 0) is 49.4 Å². The second-order valence-corrected chi connectivity index (χ2v) is 7.30. The lowest BCUT2D eigenvalue weighted by molar-refractivity contribution is 0.240. The van der Waals surface area contributed by atoms with Gasteiger partial charge in [0.05, 0.1) is 11.5 Å². The van der Waals surface area contributed by atoms with E-state index in [9.17, 15) is 13.5 Å². The zero-order valence-corrected chi connectivity index (χ0v) is 13.3. The van der Waals surface area contributed by atoms with E-state index in [4.69, 9.17) is 5.73 Å². The summed E-state index contributed by atoms with van der Waals surface area (Å²) in [5, 5.41) is 9.29. The van der Waals surface area contributed by atoms with E-state index < -0.39 is 16.1 Å². The van der Waals surface area contributed by atoms with Crippen LogP contribution in [0.2, 0.25) is 0 Å². The molecule has 0 aromatic heterocycles. The zero-order chi connectivity index (χ0) is 15.5. The highest BCUT2D eigenvalue weighted by Gasteiger charge is 2.21. The summed E-state index contributed by atoms with van der Waals surface area (Å²) >= 11 is 0. The largest absolute Gasteiger partial charge is 0.398 e. The molecule has 0 aliphatic carbocycles. The van der Waals surface area contributed by atoms with E-state index in [1.807, 2.05) is 27.7 Å². The molecule has 114 valence electrons. The summed E-state index contributed by atoms with van der Waals surface area (Å²) in [6, 6.07) is 2.56. The highest BCUT2D eigenvalue weighted by Crippen LogP contribution is 2.22. The van der Waals surface area contributed by atoms with E-state index in [2.05, 4.69) is 4.72 Å². The molecule has 0 saturated heterocycles. The van der Waals surface area contributed by atoms with Gasteiger partial charge in [-0.2, -0.15) is 0 Å². The molecule has 1 unspecified atom stereocenters. The number of hydrogen-bond acceptors (Lipinski definition) is 4. The summed E-state index contributed by atoms with van der Waals surface area (Å²) in [6.07, 6.45) is 0.579. The number of nitrogens with two attached hydrogens (primary N) is 1. The lowest BCUT2D eigenvalue weighted by atomic mass is 10.1. The van der Waals surface area contributed by atoms with Crippen molar-refractivity contribution < 1.29 is 13.5 Å². The summed E-state index contributed by atoms with van der Waals surface area (Å²) in [5.41, 5.74) is 7.98. The molecule has 0 amide bonds. The minimum atomic E-state index is -3.67. The molecule has 0 spiro atoms. The smallest absolute Gasteiger partial charge is 0.240 e. The van der Waals surface area contributed by atoms with Gasteiger partial charge in [0.15, 0.2) is 0 Å². The molecular weight excluding hydrogens is 276 g/mol. The average Bonchev–Trinajstić information content (AvgIpc) is 2.33. The van der Waals surface area contributed by atoms with Crippen LogP contribution in [0.1, 0.15) is 31.4 Å². The van der Waals surface area contributed by atoms with Gasteiger partial charge in [-0.15, -0.1) is 0 Å². The van der Waals surface area contributed by atoms with Crippen molar-refractivity contribution in [3.8, 4) is 0 Å². The second-order valence-electron chi connectivity index (χ2n) is 5.58. The molecule has 5 nitrogen and oxygen atoms in total. The summed E-state index contributed by atoms with van der Waals surface area (Å²) in [7, 11) is -3.67. The first kappa shape index (κ1) is 16.9. The number of aliphatic hydroxyl groups excluding tert-OH is 1. The van der Waals surface area contributed by atoms with Crippen molar-refractivity contribution in [3.63, 3.8) is 0 Å². The molecule has 0 fully saturated rings. The van der Waals surface area contributed by atoms with Gasteiger partial charge in [-0.25, -0.2) is 13.1 Å². The van der Waals surface area contributed by atoms with Crippen LogP contribution in [0.4, 0.5) is 5.69 Å². The Morgan fingerprint density at radius 3 is 2.35 bits per heavy atom. The van der Waals surface area contributed by atoms with Crippen molar-refractivity contribution in [2.75, 3.05) is 12.3 Å². The number of sulfonamides is 1. The number of aryl methyl sites for hydroxylation is 1. The van der Waals surface area contributed by atoms with Crippen LogP contribution in [0.5, 0.6) is 0 Å². The van der Waals surface area contributed by atoms with Crippen LogP contribution in [-0.2, 0) is 10.0 Å². The molecule has 6 heteroatoms. The van der Waals surface area contributed by atoms with Crippen LogP contribution in [0, 0.1) is 19.8 Å². The lowest BCUT2D eigenvalue weighted by Crippen LogP contribution is -2.38. The summed E-state index contributed by atoms with van der Waals surface area (Å²) in [5.74, 6) is 0.291. The SMILES string of the molecule is Cc1cc(S(=O)(=O)NC(CO)CC(C)C)cc(N)c1C. The second kappa shape index (κ2) is 6.56. The average molecular weight is 300 g/mol. The first-order chi connectivity index (χ1) is 9.17. The Morgan fingerprint density at radius 1 is 1.30 bits per heavy atom. The first-order valence-electron chi connectivity index (χ1n) is 6.67. The summed E-state index contributed by atoms with van der Waals surface area (Å²) < 4.78 is 27.2. The van der Waals surface area contributed by atoms with Crippen LogP contribution in [0.15, 0.2) is 17.0 Å². The van der Waals surface area contributed by atoms with Crippen LogP contribution in [0.3, 0.4) is 0 Å². The topological polar surface area (TPSA) is 92.4 Å². The molecule has 0 bridgehead atoms. The Labute approximate surface area is 121 Å². The molecule has 0 aliphatic rings. The van der Waals surface area contributed by atoms with Gasteiger partial charge in [0.25, 0.3) is 0 Å². The molecule has 0 aliphatic heterocycles. The van der Waals surface area contributed by atoms with Gasteiger partial charge >= 0.3 is 0 Å². The Bertz CT molecular complexity index is 545. The van der Waals surface area contributed by atoms with E-state index in [0.29, 0.717) is 18.0 Å². The third-order valence-corrected chi connectivity index (χ3v) is 4.79. The van der Waals surface area contributed by atoms with E-state index in [1.54, 1.807) is 6.07 Å². The van der Waals surface area contributed by atoms with Crippen molar-refractivity contribution in [1.82, 2.24) is 4.72 Å². The minimum Gasteiger partial charge on any atom is -0.398 e. The molecule has 0 radical (unpaired) electrons. The maximum atomic E-state index is 12.3. The number of aliphatic hydroxyl groups is 1. The van der Waals surface area contributed by atoms with Crippen molar-refractivity contribution in [2.24, 2.45) is 5.92 Å². The maximum absolute atomic E-state index is 12.3.